The number of pyridine rings is 1. The van der Waals surface area contributed by atoms with Gasteiger partial charge in [-0.05, 0) is 40.6 Å². The molecule has 0 aliphatic carbocycles. The van der Waals surface area contributed by atoms with E-state index >= 15 is 0 Å². The van der Waals surface area contributed by atoms with E-state index in [0.717, 1.165) is 59.4 Å². The van der Waals surface area contributed by atoms with E-state index < -0.39 is 0 Å². The summed E-state index contributed by atoms with van der Waals surface area (Å²) in [6.45, 7) is 4.81. The first kappa shape index (κ1) is 22.4. The molecular formula is C30H26ClN3S. The highest BCUT2D eigenvalue weighted by atomic mass is 35.5. The van der Waals surface area contributed by atoms with Crippen molar-refractivity contribution < 1.29 is 0 Å². The van der Waals surface area contributed by atoms with Gasteiger partial charge in [0.05, 0.1) is 15.4 Å². The van der Waals surface area contributed by atoms with Gasteiger partial charge in [-0.25, -0.2) is 4.98 Å². The van der Waals surface area contributed by atoms with Crippen molar-refractivity contribution in [1.29, 1.82) is 0 Å². The normalized spacial score (nSPS) is 14.6. The molecule has 0 amide bonds. The molecule has 0 radical (unpaired) electrons. The molecule has 6 rings (SSSR count). The zero-order valence-corrected chi connectivity index (χ0v) is 21.0. The monoisotopic (exact) mass is 495 g/mol. The van der Waals surface area contributed by atoms with E-state index in [9.17, 15) is 0 Å². The summed E-state index contributed by atoms with van der Waals surface area (Å²) in [5, 5.41) is 4.40. The lowest BCUT2D eigenvalue weighted by Crippen LogP contribution is -2.46. The Balaban J connectivity index is 1.24. The third kappa shape index (κ3) is 4.74. The Morgan fingerprint density at radius 2 is 1.46 bits per heavy atom. The van der Waals surface area contributed by atoms with Gasteiger partial charge in [0.1, 0.15) is 5.82 Å². The Kier molecular flexibility index (Phi) is 6.34. The van der Waals surface area contributed by atoms with Crippen LogP contribution in [-0.4, -0.2) is 36.1 Å². The molecule has 1 aromatic heterocycles. The highest BCUT2D eigenvalue weighted by Gasteiger charge is 2.24. The highest BCUT2D eigenvalue weighted by molar-refractivity contribution is 7.99. The molecule has 3 nitrogen and oxygen atoms in total. The van der Waals surface area contributed by atoms with Gasteiger partial charge >= 0.3 is 0 Å². The van der Waals surface area contributed by atoms with Gasteiger partial charge in [0.2, 0.25) is 0 Å². The van der Waals surface area contributed by atoms with Gasteiger partial charge in [-0.15, -0.1) is 0 Å². The number of hydrogen-bond donors (Lipinski definition) is 0. The summed E-state index contributed by atoms with van der Waals surface area (Å²) in [7, 11) is 0. The quantitative estimate of drug-likeness (QED) is 0.251. The highest BCUT2D eigenvalue weighted by Crippen LogP contribution is 2.43. The summed E-state index contributed by atoms with van der Waals surface area (Å²) in [5.41, 5.74) is 2.31. The molecule has 1 aliphatic heterocycles. The van der Waals surface area contributed by atoms with Crippen molar-refractivity contribution in [2.45, 2.75) is 16.3 Å². The standard InChI is InChI=1S/C30H26ClN3S/c31-28-26-12-6-7-13-27(26)32-30(29(28)35-25-10-2-1-3-11-25)34-18-16-33(17-19-34)21-22-14-15-23-8-4-5-9-24(23)20-22/h1-15,20H,16-19,21H2. The second-order valence-corrected chi connectivity index (χ2v) is 10.4. The summed E-state index contributed by atoms with van der Waals surface area (Å²) in [4.78, 5) is 12.2. The SMILES string of the molecule is Clc1c(Sc2ccccc2)c(N2CCN(Cc3ccc4ccccc4c3)CC2)nc2ccccc12. The van der Waals surface area contributed by atoms with Gasteiger partial charge in [0.25, 0.3) is 0 Å². The molecule has 5 heteroatoms. The molecule has 174 valence electrons. The van der Waals surface area contributed by atoms with Gasteiger partial charge in [0, 0.05) is 43.0 Å². The van der Waals surface area contributed by atoms with Crippen molar-refractivity contribution in [2.24, 2.45) is 0 Å². The molecule has 0 atom stereocenters. The van der Waals surface area contributed by atoms with Gasteiger partial charge in [-0.3, -0.25) is 4.90 Å². The van der Waals surface area contributed by atoms with Crippen molar-refractivity contribution in [3.05, 3.63) is 108 Å². The lowest BCUT2D eigenvalue weighted by atomic mass is 10.1. The molecule has 5 aromatic rings. The molecule has 1 saturated heterocycles. The summed E-state index contributed by atoms with van der Waals surface area (Å²) < 4.78 is 0. The number of hydrogen-bond acceptors (Lipinski definition) is 4. The molecule has 0 unspecified atom stereocenters. The van der Waals surface area contributed by atoms with E-state index in [1.54, 1.807) is 11.8 Å². The zero-order chi connectivity index (χ0) is 23.6. The first-order valence-corrected chi connectivity index (χ1v) is 13.2. The minimum Gasteiger partial charge on any atom is -0.353 e. The number of nitrogens with zero attached hydrogens (tertiary/aromatic N) is 3. The first-order chi connectivity index (χ1) is 17.2. The fourth-order valence-electron chi connectivity index (χ4n) is 4.77. The average molecular weight is 496 g/mol. The predicted octanol–water partition coefficient (Wildman–Crippen LogP) is 7.51. The van der Waals surface area contributed by atoms with Crippen molar-refractivity contribution in [3.63, 3.8) is 0 Å². The Hall–Kier alpha value is -3.05. The number of halogens is 1. The topological polar surface area (TPSA) is 19.4 Å². The number of aromatic nitrogens is 1. The zero-order valence-electron chi connectivity index (χ0n) is 19.4. The number of benzene rings is 4. The third-order valence-corrected chi connectivity index (χ3v) is 8.23. The van der Waals surface area contributed by atoms with E-state index in [0.29, 0.717) is 0 Å². The maximum absolute atomic E-state index is 7.00. The van der Waals surface area contributed by atoms with Crippen LogP contribution in [0.2, 0.25) is 5.02 Å². The summed E-state index contributed by atoms with van der Waals surface area (Å²) >= 11 is 8.71. The van der Waals surface area contributed by atoms with Gasteiger partial charge < -0.3 is 4.90 Å². The molecule has 0 saturated carbocycles. The Morgan fingerprint density at radius 1 is 0.743 bits per heavy atom. The molecule has 0 N–H and O–H groups in total. The average Bonchev–Trinajstić information content (AvgIpc) is 2.91. The largest absolute Gasteiger partial charge is 0.353 e. The van der Waals surface area contributed by atoms with Crippen LogP contribution < -0.4 is 4.90 Å². The summed E-state index contributed by atoms with van der Waals surface area (Å²) in [6, 6.07) is 34.0. The van der Waals surface area contributed by atoms with Crippen LogP contribution in [0.25, 0.3) is 21.7 Å². The Labute approximate surface area is 215 Å². The Bertz CT molecular complexity index is 1480. The Morgan fingerprint density at radius 3 is 2.29 bits per heavy atom. The maximum Gasteiger partial charge on any atom is 0.144 e. The number of anilines is 1. The third-order valence-electron chi connectivity index (χ3n) is 6.62. The second-order valence-electron chi connectivity index (χ2n) is 8.96. The lowest BCUT2D eigenvalue weighted by Gasteiger charge is -2.36. The van der Waals surface area contributed by atoms with Crippen LogP contribution >= 0.6 is 23.4 Å². The van der Waals surface area contributed by atoms with Crippen LogP contribution in [0.5, 0.6) is 0 Å². The molecule has 35 heavy (non-hydrogen) atoms. The second kappa shape index (κ2) is 9.90. The van der Waals surface area contributed by atoms with Crippen molar-refractivity contribution >= 4 is 50.9 Å². The van der Waals surface area contributed by atoms with E-state index in [-0.39, 0.29) is 0 Å². The van der Waals surface area contributed by atoms with E-state index in [1.807, 2.05) is 18.2 Å². The molecular weight excluding hydrogens is 470 g/mol. The van der Waals surface area contributed by atoms with Gasteiger partial charge in [0.15, 0.2) is 0 Å². The number of piperazine rings is 1. The molecule has 0 spiro atoms. The van der Waals surface area contributed by atoms with Crippen molar-refractivity contribution in [1.82, 2.24) is 9.88 Å². The smallest absolute Gasteiger partial charge is 0.144 e. The van der Waals surface area contributed by atoms with Crippen LogP contribution in [0.4, 0.5) is 5.82 Å². The fraction of sp³-hybridized carbons (Fsp3) is 0.167. The molecule has 2 heterocycles. The van der Waals surface area contributed by atoms with Gasteiger partial charge in [-0.1, -0.05) is 96.2 Å². The minimum absolute atomic E-state index is 0.790. The fourth-order valence-corrected chi connectivity index (χ4v) is 6.12. The summed E-state index contributed by atoms with van der Waals surface area (Å²) in [6.07, 6.45) is 0. The molecule has 4 aromatic carbocycles. The van der Waals surface area contributed by atoms with Crippen molar-refractivity contribution in [2.75, 3.05) is 31.1 Å². The molecule has 1 fully saturated rings. The summed E-state index contributed by atoms with van der Waals surface area (Å²) in [5.74, 6) is 0.993. The number of fused-ring (bicyclic) bond motifs is 2. The van der Waals surface area contributed by atoms with Crippen LogP contribution in [-0.2, 0) is 6.54 Å². The molecule has 0 bridgehead atoms. The van der Waals surface area contributed by atoms with Crippen LogP contribution in [0.15, 0.2) is 107 Å². The lowest BCUT2D eigenvalue weighted by molar-refractivity contribution is 0.249. The van der Waals surface area contributed by atoms with E-state index in [4.69, 9.17) is 16.6 Å². The van der Waals surface area contributed by atoms with Gasteiger partial charge in [-0.2, -0.15) is 0 Å². The van der Waals surface area contributed by atoms with E-state index in [1.165, 1.54) is 21.2 Å². The number of para-hydroxylation sites is 1. The minimum atomic E-state index is 0.790. The van der Waals surface area contributed by atoms with Crippen molar-refractivity contribution in [3.8, 4) is 0 Å². The van der Waals surface area contributed by atoms with Crippen LogP contribution in [0, 0.1) is 0 Å². The first-order valence-electron chi connectivity index (χ1n) is 12.0. The maximum atomic E-state index is 7.00. The van der Waals surface area contributed by atoms with Crippen LogP contribution in [0.3, 0.4) is 0 Å². The van der Waals surface area contributed by atoms with E-state index in [2.05, 4.69) is 88.7 Å². The molecule has 1 aliphatic rings. The number of rotatable bonds is 5. The van der Waals surface area contributed by atoms with Crippen LogP contribution in [0.1, 0.15) is 5.56 Å². The predicted molar refractivity (Wildman–Crippen MR) is 149 cm³/mol.